The molecule has 7 nitrogen and oxygen atoms in total. The zero-order valence-corrected chi connectivity index (χ0v) is 17.5. The van der Waals surface area contributed by atoms with Crippen molar-refractivity contribution in [1.29, 1.82) is 0 Å². The quantitative estimate of drug-likeness (QED) is 0.659. The molecule has 2 amide bonds. The van der Waals surface area contributed by atoms with E-state index in [1.165, 1.54) is 11.0 Å². The summed E-state index contributed by atoms with van der Waals surface area (Å²) in [4.78, 5) is 31.4. The molecule has 0 bridgehead atoms. The van der Waals surface area contributed by atoms with Crippen LogP contribution in [0.3, 0.4) is 0 Å². The molecule has 2 aromatic carbocycles. The molecular formula is C21H21F2N5O2S. The number of para-hydroxylation sites is 1. The molecule has 2 aliphatic rings. The van der Waals surface area contributed by atoms with E-state index < -0.39 is 23.7 Å². The standard InChI is InChI=1S/C21H21F2N5O2S/c1-2-12-5-3-4-6-17(12)25-18(29)11-31-21-26-19-14(10-24-27-19)20(30)28(21)13-7-8-15(22)16(23)9-13/h3-9,14,19,24,27H,2,10-11H2,1H3,(H,25,29). The summed E-state index contributed by atoms with van der Waals surface area (Å²) in [5.74, 6) is -3.12. The Kier molecular flexibility index (Phi) is 6.30. The number of carbonyl (C=O) groups excluding carboxylic acids is 2. The minimum atomic E-state index is -1.06. The van der Waals surface area contributed by atoms with E-state index >= 15 is 0 Å². The number of rotatable bonds is 5. The molecule has 31 heavy (non-hydrogen) atoms. The lowest BCUT2D eigenvalue weighted by atomic mass is 10.0. The molecule has 4 rings (SSSR count). The number of nitrogens with zero attached hydrogens (tertiary/aromatic N) is 2. The van der Waals surface area contributed by atoms with E-state index in [0.717, 1.165) is 41.6 Å². The Hall–Kier alpha value is -2.82. The van der Waals surface area contributed by atoms with Crippen LogP contribution in [-0.2, 0) is 16.0 Å². The Morgan fingerprint density at radius 2 is 2.06 bits per heavy atom. The first-order valence-corrected chi connectivity index (χ1v) is 10.8. The first-order chi connectivity index (χ1) is 15.0. The summed E-state index contributed by atoms with van der Waals surface area (Å²) < 4.78 is 27.2. The second kappa shape index (κ2) is 9.13. The van der Waals surface area contributed by atoms with Gasteiger partial charge in [0, 0.05) is 18.3 Å². The minimum absolute atomic E-state index is 0.00481. The van der Waals surface area contributed by atoms with Crippen LogP contribution in [0.15, 0.2) is 47.5 Å². The molecule has 0 spiro atoms. The molecule has 162 valence electrons. The lowest BCUT2D eigenvalue weighted by Crippen LogP contribution is -2.49. The third kappa shape index (κ3) is 4.46. The van der Waals surface area contributed by atoms with Gasteiger partial charge in [-0.05, 0) is 30.2 Å². The minimum Gasteiger partial charge on any atom is -0.325 e. The maximum absolute atomic E-state index is 13.8. The summed E-state index contributed by atoms with van der Waals surface area (Å²) in [6, 6.07) is 10.8. The number of amides is 2. The number of hydrogen-bond acceptors (Lipinski definition) is 6. The number of hydrazine groups is 1. The van der Waals surface area contributed by atoms with Crippen LogP contribution >= 0.6 is 11.8 Å². The van der Waals surface area contributed by atoms with Crippen LogP contribution in [0.1, 0.15) is 12.5 Å². The number of aryl methyl sites for hydroxylation is 1. The number of amidine groups is 1. The smallest absolute Gasteiger partial charge is 0.241 e. The lowest BCUT2D eigenvalue weighted by molar-refractivity contribution is -0.121. The van der Waals surface area contributed by atoms with Gasteiger partial charge in [0.25, 0.3) is 0 Å². The molecule has 2 aromatic rings. The van der Waals surface area contributed by atoms with E-state index in [-0.39, 0.29) is 28.4 Å². The van der Waals surface area contributed by atoms with E-state index in [4.69, 9.17) is 0 Å². The van der Waals surface area contributed by atoms with E-state index in [2.05, 4.69) is 21.2 Å². The van der Waals surface area contributed by atoms with Crippen LogP contribution in [-0.4, -0.2) is 35.4 Å². The van der Waals surface area contributed by atoms with Gasteiger partial charge < -0.3 is 5.32 Å². The molecule has 0 saturated carbocycles. The predicted molar refractivity (Wildman–Crippen MR) is 117 cm³/mol. The SMILES string of the molecule is CCc1ccccc1NC(=O)CSC1=NC2NNCC2C(=O)N1c1ccc(F)c(F)c1. The van der Waals surface area contributed by atoms with E-state index in [0.29, 0.717) is 6.54 Å². The fourth-order valence-electron chi connectivity index (χ4n) is 3.50. The highest BCUT2D eigenvalue weighted by Crippen LogP contribution is 2.30. The zero-order chi connectivity index (χ0) is 22.0. The van der Waals surface area contributed by atoms with Gasteiger partial charge in [0.1, 0.15) is 6.17 Å². The normalized spacial score (nSPS) is 20.4. The molecule has 0 aliphatic carbocycles. The Morgan fingerprint density at radius 3 is 2.84 bits per heavy atom. The van der Waals surface area contributed by atoms with Crippen LogP contribution in [0.4, 0.5) is 20.2 Å². The van der Waals surface area contributed by atoms with Gasteiger partial charge in [-0.2, -0.15) is 0 Å². The predicted octanol–water partition coefficient (Wildman–Crippen LogP) is 2.65. The number of halogens is 2. The molecule has 1 saturated heterocycles. The summed E-state index contributed by atoms with van der Waals surface area (Å²) in [5.41, 5.74) is 7.72. The van der Waals surface area contributed by atoms with Crippen molar-refractivity contribution >= 4 is 40.1 Å². The van der Waals surface area contributed by atoms with Gasteiger partial charge in [0.05, 0.1) is 17.4 Å². The highest BCUT2D eigenvalue weighted by atomic mass is 32.2. The molecule has 0 radical (unpaired) electrons. The Morgan fingerprint density at radius 1 is 1.26 bits per heavy atom. The maximum atomic E-state index is 13.8. The summed E-state index contributed by atoms with van der Waals surface area (Å²) >= 11 is 1.06. The second-order valence-corrected chi connectivity index (χ2v) is 8.05. The largest absolute Gasteiger partial charge is 0.325 e. The Labute approximate surface area is 182 Å². The second-order valence-electron chi connectivity index (χ2n) is 7.11. The first-order valence-electron chi connectivity index (χ1n) is 9.83. The number of fused-ring (bicyclic) bond motifs is 1. The van der Waals surface area contributed by atoms with E-state index in [1.54, 1.807) is 0 Å². The number of aliphatic imine (C=N–C) groups is 1. The topological polar surface area (TPSA) is 85.8 Å². The fraction of sp³-hybridized carbons (Fsp3) is 0.286. The average molecular weight is 445 g/mol. The Bertz CT molecular complexity index is 1050. The van der Waals surface area contributed by atoms with Crippen molar-refractivity contribution in [3.8, 4) is 0 Å². The molecule has 2 aliphatic heterocycles. The van der Waals surface area contributed by atoms with E-state index in [9.17, 15) is 18.4 Å². The molecule has 2 heterocycles. The van der Waals surface area contributed by atoms with Crippen LogP contribution in [0.5, 0.6) is 0 Å². The van der Waals surface area contributed by atoms with Gasteiger partial charge in [-0.3, -0.25) is 19.9 Å². The number of hydrogen-bond donors (Lipinski definition) is 3. The van der Waals surface area contributed by atoms with Gasteiger partial charge in [0.2, 0.25) is 11.8 Å². The summed E-state index contributed by atoms with van der Waals surface area (Å²) in [5, 5.41) is 3.12. The van der Waals surface area contributed by atoms with Crippen LogP contribution in [0.2, 0.25) is 0 Å². The Balaban J connectivity index is 1.54. The van der Waals surface area contributed by atoms with Crippen molar-refractivity contribution in [3.05, 3.63) is 59.7 Å². The molecular weight excluding hydrogens is 424 g/mol. The lowest BCUT2D eigenvalue weighted by Gasteiger charge is -2.32. The van der Waals surface area contributed by atoms with Crippen molar-refractivity contribution in [2.45, 2.75) is 19.5 Å². The number of anilines is 2. The molecule has 1 fully saturated rings. The third-order valence-corrected chi connectivity index (χ3v) is 6.05. The zero-order valence-electron chi connectivity index (χ0n) is 16.7. The van der Waals surface area contributed by atoms with Crippen LogP contribution in [0.25, 0.3) is 0 Å². The van der Waals surface area contributed by atoms with Crippen molar-refractivity contribution in [2.75, 3.05) is 22.5 Å². The van der Waals surface area contributed by atoms with Crippen molar-refractivity contribution in [2.24, 2.45) is 10.9 Å². The molecule has 10 heteroatoms. The number of benzene rings is 2. The highest BCUT2D eigenvalue weighted by molar-refractivity contribution is 8.14. The molecule has 2 atom stereocenters. The van der Waals surface area contributed by atoms with Crippen LogP contribution < -0.4 is 21.1 Å². The monoisotopic (exact) mass is 445 g/mol. The average Bonchev–Trinajstić information content (AvgIpc) is 3.24. The number of nitrogens with one attached hydrogen (secondary N) is 3. The highest BCUT2D eigenvalue weighted by Gasteiger charge is 2.42. The maximum Gasteiger partial charge on any atom is 0.241 e. The number of carbonyl (C=O) groups is 2. The van der Waals surface area contributed by atoms with E-state index in [1.807, 2.05) is 31.2 Å². The third-order valence-electron chi connectivity index (χ3n) is 5.10. The summed E-state index contributed by atoms with van der Waals surface area (Å²) in [7, 11) is 0. The van der Waals surface area contributed by atoms with Gasteiger partial charge in [-0.1, -0.05) is 36.9 Å². The van der Waals surface area contributed by atoms with Gasteiger partial charge >= 0.3 is 0 Å². The molecule has 2 unspecified atom stereocenters. The van der Waals surface area contributed by atoms with Gasteiger partial charge in [-0.15, -0.1) is 0 Å². The summed E-state index contributed by atoms with van der Waals surface area (Å²) in [6.45, 7) is 2.36. The molecule has 3 N–H and O–H groups in total. The van der Waals surface area contributed by atoms with Gasteiger partial charge in [-0.25, -0.2) is 19.2 Å². The summed E-state index contributed by atoms with van der Waals surface area (Å²) in [6.07, 6.45) is 0.289. The van der Waals surface area contributed by atoms with Gasteiger partial charge in [0.15, 0.2) is 16.8 Å². The van der Waals surface area contributed by atoms with Crippen LogP contribution in [0, 0.1) is 17.6 Å². The van der Waals surface area contributed by atoms with Crippen molar-refractivity contribution in [3.63, 3.8) is 0 Å². The van der Waals surface area contributed by atoms with Crippen molar-refractivity contribution < 1.29 is 18.4 Å². The molecule has 0 aromatic heterocycles. The number of thioether (sulfide) groups is 1. The first kappa shape index (κ1) is 21.4. The van der Waals surface area contributed by atoms with Crippen molar-refractivity contribution in [1.82, 2.24) is 10.9 Å². The fourth-order valence-corrected chi connectivity index (χ4v) is 4.34.